The van der Waals surface area contributed by atoms with Crippen molar-refractivity contribution in [1.82, 2.24) is 14.5 Å². The van der Waals surface area contributed by atoms with E-state index in [1.54, 1.807) is 24.3 Å². The highest BCUT2D eigenvalue weighted by molar-refractivity contribution is 5.96. The predicted molar refractivity (Wildman–Crippen MR) is 87.3 cm³/mol. The number of nitrogens with zero attached hydrogens (tertiary/aromatic N) is 4. The van der Waals surface area contributed by atoms with Crippen LogP contribution in [0.3, 0.4) is 0 Å². The molecule has 0 radical (unpaired) electrons. The first-order valence-electron chi connectivity index (χ1n) is 7.79. The molecule has 0 N–H and O–H groups in total. The number of aryl methyl sites for hydroxylation is 1. The Morgan fingerprint density at radius 1 is 1.43 bits per heavy atom. The Morgan fingerprint density at radius 2 is 2.17 bits per heavy atom. The Balaban J connectivity index is 1.99. The zero-order chi connectivity index (χ0) is 16.6. The topological polar surface area (TPSA) is 61.9 Å². The minimum Gasteiger partial charge on any atom is -0.323 e. The Kier molecular flexibility index (Phi) is 3.69. The quantitative estimate of drug-likeness (QED) is 0.875. The molecule has 1 fully saturated rings. The van der Waals surface area contributed by atoms with Crippen LogP contribution in [0.5, 0.6) is 0 Å². The van der Waals surface area contributed by atoms with E-state index < -0.39 is 5.54 Å². The van der Waals surface area contributed by atoms with E-state index in [0.29, 0.717) is 5.56 Å². The van der Waals surface area contributed by atoms with Crippen LogP contribution < -0.4 is 0 Å². The number of carbonyl (C=O) groups excluding carboxylic acids is 1. The number of rotatable bonds is 3. The van der Waals surface area contributed by atoms with Crippen LogP contribution in [0.1, 0.15) is 41.0 Å². The molecule has 0 unspecified atom stereocenters. The van der Waals surface area contributed by atoms with Crippen LogP contribution in [0.15, 0.2) is 30.6 Å². The fourth-order valence-electron chi connectivity index (χ4n) is 3.27. The highest BCUT2D eigenvalue weighted by Gasteiger charge is 2.44. The van der Waals surface area contributed by atoms with Gasteiger partial charge < -0.3 is 9.47 Å². The van der Waals surface area contributed by atoms with Crippen molar-refractivity contribution in [3.63, 3.8) is 0 Å². The van der Waals surface area contributed by atoms with E-state index in [4.69, 9.17) is 0 Å². The Hall–Kier alpha value is -2.61. The van der Waals surface area contributed by atoms with Crippen molar-refractivity contribution in [2.24, 2.45) is 0 Å². The van der Waals surface area contributed by atoms with Gasteiger partial charge in [-0.3, -0.25) is 9.78 Å². The molecule has 1 amide bonds. The summed E-state index contributed by atoms with van der Waals surface area (Å²) in [6.45, 7) is 3.90. The van der Waals surface area contributed by atoms with Gasteiger partial charge >= 0.3 is 0 Å². The van der Waals surface area contributed by atoms with Crippen LogP contribution in [-0.4, -0.2) is 32.9 Å². The van der Waals surface area contributed by atoms with Gasteiger partial charge in [-0.15, -0.1) is 0 Å². The average molecular weight is 308 g/mol. The first-order chi connectivity index (χ1) is 11.0. The maximum Gasteiger partial charge on any atom is 0.256 e. The van der Waals surface area contributed by atoms with E-state index in [-0.39, 0.29) is 5.91 Å². The number of pyridine rings is 1. The molecule has 0 spiro atoms. The molecule has 0 aliphatic heterocycles. The SMILES string of the molecule is Cc1cc(C(=O)N(C)C2(C#N)CCC2)c(C)n1-c1cccnc1. The lowest BCUT2D eigenvalue weighted by Gasteiger charge is -2.42. The molecule has 0 aromatic carbocycles. The van der Waals surface area contributed by atoms with Gasteiger partial charge in [-0.05, 0) is 51.3 Å². The van der Waals surface area contributed by atoms with Crippen LogP contribution in [-0.2, 0) is 0 Å². The third kappa shape index (κ3) is 2.31. The van der Waals surface area contributed by atoms with Gasteiger partial charge in [0.15, 0.2) is 0 Å². The van der Waals surface area contributed by atoms with Crippen molar-refractivity contribution < 1.29 is 4.79 Å². The molecule has 2 aromatic heterocycles. The number of hydrogen-bond acceptors (Lipinski definition) is 3. The first-order valence-corrected chi connectivity index (χ1v) is 7.79. The molecule has 23 heavy (non-hydrogen) atoms. The minimum absolute atomic E-state index is 0.0884. The molecular weight excluding hydrogens is 288 g/mol. The highest BCUT2D eigenvalue weighted by atomic mass is 16.2. The van der Waals surface area contributed by atoms with Crippen molar-refractivity contribution in [2.75, 3.05) is 7.05 Å². The number of aromatic nitrogens is 2. The molecule has 5 heteroatoms. The van der Waals surface area contributed by atoms with Gasteiger partial charge in [-0.25, -0.2) is 0 Å². The zero-order valence-corrected chi connectivity index (χ0v) is 13.7. The standard InChI is InChI=1S/C18H20N4O/c1-13-10-16(14(2)22(13)15-6-4-9-20-11-15)17(23)21(3)18(12-19)7-5-8-18/h4,6,9-11H,5,7-8H2,1-3H3. The molecule has 1 aliphatic rings. The average Bonchev–Trinajstić information content (AvgIpc) is 2.81. The third-order valence-corrected chi connectivity index (χ3v) is 4.90. The molecule has 2 heterocycles. The van der Waals surface area contributed by atoms with E-state index >= 15 is 0 Å². The largest absolute Gasteiger partial charge is 0.323 e. The molecule has 5 nitrogen and oxygen atoms in total. The molecule has 0 saturated heterocycles. The second kappa shape index (κ2) is 5.54. The van der Waals surface area contributed by atoms with Gasteiger partial charge in [0, 0.05) is 24.6 Å². The lowest BCUT2D eigenvalue weighted by molar-refractivity contribution is 0.0497. The van der Waals surface area contributed by atoms with E-state index in [1.165, 1.54) is 0 Å². The molecule has 0 bridgehead atoms. The van der Waals surface area contributed by atoms with Crippen molar-refractivity contribution in [3.8, 4) is 11.8 Å². The summed E-state index contributed by atoms with van der Waals surface area (Å²) in [7, 11) is 1.74. The number of nitriles is 1. The molecular formula is C18H20N4O. The van der Waals surface area contributed by atoms with Gasteiger partial charge in [0.1, 0.15) is 5.54 Å². The van der Waals surface area contributed by atoms with Crippen LogP contribution in [0.25, 0.3) is 5.69 Å². The van der Waals surface area contributed by atoms with Gasteiger partial charge in [-0.2, -0.15) is 5.26 Å². The maximum atomic E-state index is 12.9. The van der Waals surface area contributed by atoms with Crippen LogP contribution >= 0.6 is 0 Å². The fraction of sp³-hybridized carbons (Fsp3) is 0.389. The number of amides is 1. The maximum absolute atomic E-state index is 12.9. The minimum atomic E-state index is -0.631. The van der Waals surface area contributed by atoms with E-state index in [1.807, 2.05) is 36.6 Å². The van der Waals surface area contributed by atoms with Crippen LogP contribution in [0.4, 0.5) is 0 Å². The number of hydrogen-bond donors (Lipinski definition) is 0. The highest BCUT2D eigenvalue weighted by Crippen LogP contribution is 2.37. The van der Waals surface area contributed by atoms with Crippen LogP contribution in [0.2, 0.25) is 0 Å². The second-order valence-corrected chi connectivity index (χ2v) is 6.19. The smallest absolute Gasteiger partial charge is 0.256 e. The van der Waals surface area contributed by atoms with Crippen molar-refractivity contribution >= 4 is 5.91 Å². The van der Waals surface area contributed by atoms with E-state index in [9.17, 15) is 10.1 Å². The molecule has 1 aliphatic carbocycles. The summed E-state index contributed by atoms with van der Waals surface area (Å²) in [5.41, 5.74) is 2.80. The summed E-state index contributed by atoms with van der Waals surface area (Å²) in [6, 6.07) is 8.06. The molecule has 0 atom stereocenters. The molecule has 1 saturated carbocycles. The Labute approximate surface area is 136 Å². The number of carbonyl (C=O) groups is 1. The fourth-order valence-corrected chi connectivity index (χ4v) is 3.27. The third-order valence-electron chi connectivity index (χ3n) is 4.90. The van der Waals surface area contributed by atoms with Gasteiger partial charge in [0.25, 0.3) is 5.91 Å². The van der Waals surface area contributed by atoms with Gasteiger partial charge in [-0.1, -0.05) is 0 Å². The van der Waals surface area contributed by atoms with Gasteiger partial charge in [0.05, 0.1) is 23.5 Å². The normalized spacial score (nSPS) is 15.6. The van der Waals surface area contributed by atoms with Gasteiger partial charge in [0.2, 0.25) is 0 Å². The molecule has 3 rings (SSSR count). The Morgan fingerprint density at radius 3 is 2.70 bits per heavy atom. The lowest BCUT2D eigenvalue weighted by Crippen LogP contribution is -2.53. The summed E-state index contributed by atoms with van der Waals surface area (Å²) < 4.78 is 2.02. The van der Waals surface area contributed by atoms with E-state index in [2.05, 4.69) is 11.1 Å². The monoisotopic (exact) mass is 308 g/mol. The van der Waals surface area contributed by atoms with E-state index in [0.717, 1.165) is 36.3 Å². The van der Waals surface area contributed by atoms with Crippen molar-refractivity contribution in [1.29, 1.82) is 5.26 Å². The Bertz CT molecular complexity index is 781. The summed E-state index contributed by atoms with van der Waals surface area (Å²) in [4.78, 5) is 18.7. The zero-order valence-electron chi connectivity index (χ0n) is 13.7. The summed E-state index contributed by atoms with van der Waals surface area (Å²) >= 11 is 0. The summed E-state index contributed by atoms with van der Waals surface area (Å²) in [5, 5.41) is 9.45. The lowest BCUT2D eigenvalue weighted by atomic mass is 9.76. The second-order valence-electron chi connectivity index (χ2n) is 6.19. The van der Waals surface area contributed by atoms with Crippen LogP contribution in [0, 0.1) is 25.2 Å². The first kappa shape index (κ1) is 15.3. The van der Waals surface area contributed by atoms with Crippen molar-refractivity contribution in [3.05, 3.63) is 47.5 Å². The predicted octanol–water partition coefficient (Wildman–Crippen LogP) is 3.01. The summed E-state index contributed by atoms with van der Waals surface area (Å²) in [5.74, 6) is -0.0884. The molecule has 118 valence electrons. The summed E-state index contributed by atoms with van der Waals surface area (Å²) in [6.07, 6.45) is 6.02. The molecule has 2 aromatic rings. The van der Waals surface area contributed by atoms with Crippen molar-refractivity contribution in [2.45, 2.75) is 38.6 Å².